The van der Waals surface area contributed by atoms with Gasteiger partial charge in [-0.2, -0.15) is 5.10 Å². The quantitative estimate of drug-likeness (QED) is 0.412. The van der Waals surface area contributed by atoms with Crippen LogP contribution in [-0.4, -0.2) is 38.8 Å². The lowest BCUT2D eigenvalue weighted by Gasteiger charge is -2.23. The van der Waals surface area contributed by atoms with Crippen molar-refractivity contribution in [2.45, 2.75) is 84.0 Å². The molecule has 2 fully saturated rings. The third-order valence-electron chi connectivity index (χ3n) is 7.21. The maximum Gasteiger partial charge on any atom is 0.412 e. The highest BCUT2D eigenvalue weighted by Gasteiger charge is 2.41. The normalized spacial score (nSPS) is 19.0. The van der Waals surface area contributed by atoms with E-state index in [9.17, 15) is 9.59 Å². The van der Waals surface area contributed by atoms with Crippen LogP contribution in [0.25, 0.3) is 10.9 Å². The Balaban J connectivity index is 1.59. The SMILES string of the molecule is Cc1c(C2(C)CC2)cnc(C(=O)c2ccc(F)c3c2cnn3C2CCCCO2)c1NC(=O)OC(C)(C)C. The number of amides is 1. The topological polar surface area (TPSA) is 95.3 Å². The summed E-state index contributed by atoms with van der Waals surface area (Å²) in [5.41, 5.74) is 1.87. The van der Waals surface area contributed by atoms with E-state index >= 15 is 4.39 Å². The standard InChI is InChI=1S/C28H33FN4O4/c1-16-19(28(5)11-12-28)15-30-23(22(16)32-26(35)37-27(2,3)4)25(34)17-9-10-20(29)24-18(17)14-31-33(24)21-8-6-7-13-36-21/h9-10,14-15,21H,6-8,11-13H2,1-5H3,(H,32,35). The highest BCUT2D eigenvalue weighted by molar-refractivity contribution is 6.18. The summed E-state index contributed by atoms with van der Waals surface area (Å²) in [5, 5.41) is 7.55. The van der Waals surface area contributed by atoms with Crippen LogP contribution < -0.4 is 5.32 Å². The van der Waals surface area contributed by atoms with Crippen molar-refractivity contribution in [3.05, 3.63) is 52.7 Å². The molecule has 1 aliphatic heterocycles. The minimum absolute atomic E-state index is 0.0344. The van der Waals surface area contributed by atoms with E-state index < -0.39 is 23.3 Å². The van der Waals surface area contributed by atoms with E-state index in [4.69, 9.17) is 9.47 Å². The number of carbonyl (C=O) groups is 2. The van der Waals surface area contributed by atoms with Gasteiger partial charge in [-0.15, -0.1) is 0 Å². The van der Waals surface area contributed by atoms with E-state index in [1.165, 1.54) is 23.0 Å². The van der Waals surface area contributed by atoms with Crippen molar-refractivity contribution in [3.8, 4) is 0 Å². The molecule has 1 atom stereocenters. The molecule has 1 saturated carbocycles. The van der Waals surface area contributed by atoms with Crippen LogP contribution in [0.1, 0.15) is 93.2 Å². The summed E-state index contributed by atoms with van der Waals surface area (Å²) < 4.78 is 27.8. The maximum atomic E-state index is 15.0. The Bertz CT molecular complexity index is 1380. The molecule has 1 amide bonds. The molecule has 0 spiro atoms. The minimum atomic E-state index is -0.714. The minimum Gasteiger partial charge on any atom is -0.444 e. The lowest BCUT2D eigenvalue weighted by atomic mass is 9.92. The van der Waals surface area contributed by atoms with E-state index in [-0.39, 0.29) is 28.4 Å². The Morgan fingerprint density at radius 1 is 1.22 bits per heavy atom. The average molecular weight is 509 g/mol. The number of hydrogen-bond acceptors (Lipinski definition) is 6. The van der Waals surface area contributed by atoms with Gasteiger partial charge in [-0.3, -0.25) is 15.1 Å². The molecule has 3 aromatic rings. The van der Waals surface area contributed by atoms with E-state index in [0.29, 0.717) is 17.7 Å². The number of ketones is 1. The molecule has 1 saturated heterocycles. The number of pyridine rings is 1. The molecule has 37 heavy (non-hydrogen) atoms. The smallest absolute Gasteiger partial charge is 0.412 e. The van der Waals surface area contributed by atoms with Gasteiger partial charge < -0.3 is 9.47 Å². The van der Waals surface area contributed by atoms with Gasteiger partial charge in [-0.1, -0.05) is 6.92 Å². The van der Waals surface area contributed by atoms with Gasteiger partial charge in [-0.25, -0.2) is 13.9 Å². The molecule has 0 radical (unpaired) electrons. The number of benzene rings is 1. The molecular formula is C28H33FN4O4. The number of anilines is 1. The van der Waals surface area contributed by atoms with Gasteiger partial charge in [0.1, 0.15) is 22.6 Å². The van der Waals surface area contributed by atoms with Crippen LogP contribution in [0.5, 0.6) is 0 Å². The first kappa shape index (κ1) is 25.3. The van der Waals surface area contributed by atoms with E-state index in [1.807, 2.05) is 6.92 Å². The van der Waals surface area contributed by atoms with E-state index in [0.717, 1.165) is 43.2 Å². The first-order chi connectivity index (χ1) is 17.5. The van der Waals surface area contributed by atoms with Gasteiger partial charge in [0.25, 0.3) is 0 Å². The molecular weight excluding hydrogens is 475 g/mol. The van der Waals surface area contributed by atoms with Crippen LogP contribution in [-0.2, 0) is 14.9 Å². The number of nitrogens with zero attached hydrogens (tertiary/aromatic N) is 3. The third kappa shape index (κ3) is 4.84. The van der Waals surface area contributed by atoms with Gasteiger partial charge in [0, 0.05) is 23.8 Å². The van der Waals surface area contributed by atoms with Crippen molar-refractivity contribution in [2.24, 2.45) is 0 Å². The average Bonchev–Trinajstić information content (AvgIpc) is 3.42. The Labute approximate surface area is 215 Å². The molecule has 1 aromatic carbocycles. The Morgan fingerprint density at radius 2 is 1.97 bits per heavy atom. The maximum absolute atomic E-state index is 15.0. The van der Waals surface area contributed by atoms with Gasteiger partial charge in [0.2, 0.25) is 5.78 Å². The van der Waals surface area contributed by atoms with Gasteiger partial charge in [0.15, 0.2) is 6.23 Å². The molecule has 1 aliphatic carbocycles. The Hall–Kier alpha value is -3.33. The van der Waals surface area contributed by atoms with Crippen LogP contribution in [0.3, 0.4) is 0 Å². The van der Waals surface area contributed by atoms with Crippen LogP contribution >= 0.6 is 0 Å². The van der Waals surface area contributed by atoms with Crippen molar-refractivity contribution in [1.82, 2.24) is 14.8 Å². The Kier molecular flexibility index (Phi) is 6.30. The molecule has 2 aromatic heterocycles. The number of hydrogen-bond donors (Lipinski definition) is 1. The second kappa shape index (κ2) is 9.20. The summed E-state index contributed by atoms with van der Waals surface area (Å²) in [5.74, 6) is -0.915. The number of nitrogens with one attached hydrogen (secondary N) is 1. The second-order valence-electron chi connectivity index (χ2n) is 11.3. The Morgan fingerprint density at radius 3 is 2.62 bits per heavy atom. The van der Waals surface area contributed by atoms with Crippen molar-refractivity contribution in [1.29, 1.82) is 0 Å². The molecule has 3 heterocycles. The molecule has 8 nitrogen and oxygen atoms in total. The third-order valence-corrected chi connectivity index (χ3v) is 7.21. The summed E-state index contributed by atoms with van der Waals surface area (Å²) in [6.07, 6.45) is 6.82. The predicted molar refractivity (Wildman–Crippen MR) is 137 cm³/mol. The zero-order valence-electron chi connectivity index (χ0n) is 22.0. The fraction of sp³-hybridized carbons (Fsp3) is 0.500. The summed E-state index contributed by atoms with van der Waals surface area (Å²) in [6, 6.07) is 2.71. The number of rotatable bonds is 5. The molecule has 2 aliphatic rings. The molecule has 196 valence electrons. The monoisotopic (exact) mass is 508 g/mol. The van der Waals surface area contributed by atoms with E-state index in [1.54, 1.807) is 27.0 Å². The van der Waals surface area contributed by atoms with Gasteiger partial charge in [-0.05, 0) is 88.5 Å². The van der Waals surface area contributed by atoms with Crippen LogP contribution in [0.15, 0.2) is 24.5 Å². The van der Waals surface area contributed by atoms with Crippen molar-refractivity contribution < 1.29 is 23.5 Å². The fourth-order valence-corrected chi connectivity index (χ4v) is 4.98. The molecule has 0 bridgehead atoms. The van der Waals surface area contributed by atoms with Crippen molar-refractivity contribution in [3.63, 3.8) is 0 Å². The molecule has 1 N–H and O–H groups in total. The van der Waals surface area contributed by atoms with Crippen LogP contribution in [0.2, 0.25) is 0 Å². The van der Waals surface area contributed by atoms with Crippen molar-refractivity contribution in [2.75, 3.05) is 11.9 Å². The number of halogens is 1. The lowest BCUT2D eigenvalue weighted by molar-refractivity contribution is -0.0369. The second-order valence-corrected chi connectivity index (χ2v) is 11.3. The number of carbonyl (C=O) groups excluding carboxylic acids is 2. The zero-order valence-corrected chi connectivity index (χ0v) is 22.0. The van der Waals surface area contributed by atoms with Crippen molar-refractivity contribution >= 4 is 28.5 Å². The number of ether oxygens (including phenoxy) is 2. The zero-order chi connectivity index (χ0) is 26.5. The highest BCUT2D eigenvalue weighted by Crippen LogP contribution is 2.49. The first-order valence-corrected chi connectivity index (χ1v) is 12.8. The predicted octanol–water partition coefficient (Wildman–Crippen LogP) is 6.21. The summed E-state index contributed by atoms with van der Waals surface area (Å²) in [4.78, 5) is 31.2. The summed E-state index contributed by atoms with van der Waals surface area (Å²) in [7, 11) is 0. The van der Waals surface area contributed by atoms with Gasteiger partial charge in [0.05, 0.1) is 11.9 Å². The van der Waals surface area contributed by atoms with Crippen LogP contribution in [0, 0.1) is 12.7 Å². The number of aromatic nitrogens is 3. The van der Waals surface area contributed by atoms with Gasteiger partial charge >= 0.3 is 6.09 Å². The largest absolute Gasteiger partial charge is 0.444 e. The lowest BCUT2D eigenvalue weighted by Crippen LogP contribution is -2.28. The van der Waals surface area contributed by atoms with E-state index in [2.05, 4.69) is 22.3 Å². The molecule has 5 rings (SSSR count). The highest BCUT2D eigenvalue weighted by atomic mass is 19.1. The molecule has 1 unspecified atom stereocenters. The summed E-state index contributed by atoms with van der Waals surface area (Å²) in [6.45, 7) is 9.92. The summed E-state index contributed by atoms with van der Waals surface area (Å²) >= 11 is 0. The molecule has 9 heteroatoms. The van der Waals surface area contributed by atoms with Crippen LogP contribution in [0.4, 0.5) is 14.9 Å². The number of fused-ring (bicyclic) bond motifs is 1. The first-order valence-electron chi connectivity index (χ1n) is 12.8. The fourth-order valence-electron chi connectivity index (χ4n) is 4.98.